The maximum atomic E-state index is 4.87. The van der Waals surface area contributed by atoms with Gasteiger partial charge >= 0.3 is 0 Å². The molecule has 0 saturated heterocycles. The van der Waals surface area contributed by atoms with Crippen molar-refractivity contribution in [2.24, 2.45) is 23.7 Å². The van der Waals surface area contributed by atoms with Gasteiger partial charge in [-0.05, 0) is 68.9 Å². The quantitative estimate of drug-likeness (QED) is 0.901. The van der Waals surface area contributed by atoms with E-state index in [9.17, 15) is 0 Å². The van der Waals surface area contributed by atoms with Crippen LogP contribution in [0.1, 0.15) is 43.8 Å². The molecule has 0 radical (unpaired) electrons. The van der Waals surface area contributed by atoms with Crippen LogP contribution < -0.4 is 5.32 Å². The van der Waals surface area contributed by atoms with E-state index in [4.69, 9.17) is 5.10 Å². The van der Waals surface area contributed by atoms with Gasteiger partial charge in [-0.25, -0.2) is 0 Å². The standard InChI is InChI=1S/C16H25N3/c1-17-4-2-15-3-5-19(18-15)16-13-7-11-6-12(9-13)10-14(16)8-11/h3,5,11-14,16-17H,2,4,6-10H2,1H3. The summed E-state index contributed by atoms with van der Waals surface area (Å²) in [7, 11) is 2.01. The second-order valence-corrected chi connectivity index (χ2v) is 7.06. The van der Waals surface area contributed by atoms with Crippen molar-refractivity contribution in [3.63, 3.8) is 0 Å². The Balaban J connectivity index is 1.54. The highest BCUT2D eigenvalue weighted by Gasteiger charge is 2.49. The molecule has 0 atom stereocenters. The zero-order valence-electron chi connectivity index (χ0n) is 11.9. The minimum absolute atomic E-state index is 0.719. The van der Waals surface area contributed by atoms with Crippen LogP contribution in [0.15, 0.2) is 12.3 Å². The van der Waals surface area contributed by atoms with E-state index in [-0.39, 0.29) is 0 Å². The van der Waals surface area contributed by atoms with Gasteiger partial charge in [0, 0.05) is 19.2 Å². The van der Waals surface area contributed by atoms with Gasteiger partial charge in [0.2, 0.25) is 0 Å². The zero-order chi connectivity index (χ0) is 12.8. The Morgan fingerprint density at radius 1 is 1.16 bits per heavy atom. The van der Waals surface area contributed by atoms with Crippen molar-refractivity contribution in [1.29, 1.82) is 0 Å². The Kier molecular flexibility index (Phi) is 2.91. The predicted octanol–water partition coefficient (Wildman–Crippen LogP) is 2.64. The number of rotatable bonds is 4. The first-order valence-electron chi connectivity index (χ1n) is 8.02. The molecule has 3 heteroatoms. The van der Waals surface area contributed by atoms with Crippen molar-refractivity contribution in [2.75, 3.05) is 13.6 Å². The van der Waals surface area contributed by atoms with E-state index in [1.165, 1.54) is 37.8 Å². The maximum Gasteiger partial charge on any atom is 0.0637 e. The van der Waals surface area contributed by atoms with Crippen LogP contribution in [0.4, 0.5) is 0 Å². The third-order valence-electron chi connectivity index (χ3n) is 5.78. The second-order valence-electron chi connectivity index (χ2n) is 7.06. The number of nitrogens with zero attached hydrogens (tertiary/aromatic N) is 2. The van der Waals surface area contributed by atoms with Crippen LogP contribution in [0.2, 0.25) is 0 Å². The van der Waals surface area contributed by atoms with Crippen molar-refractivity contribution >= 4 is 0 Å². The van der Waals surface area contributed by atoms with E-state index >= 15 is 0 Å². The summed E-state index contributed by atoms with van der Waals surface area (Å²) >= 11 is 0. The third-order valence-corrected chi connectivity index (χ3v) is 5.78. The third kappa shape index (κ3) is 2.03. The van der Waals surface area contributed by atoms with E-state index in [1.54, 1.807) is 0 Å². The van der Waals surface area contributed by atoms with Crippen molar-refractivity contribution < 1.29 is 0 Å². The first kappa shape index (κ1) is 12.0. The van der Waals surface area contributed by atoms with Crippen molar-refractivity contribution in [2.45, 2.75) is 44.6 Å². The van der Waals surface area contributed by atoms with Gasteiger partial charge in [0.25, 0.3) is 0 Å². The molecular weight excluding hydrogens is 234 g/mol. The molecule has 4 fully saturated rings. The van der Waals surface area contributed by atoms with E-state index in [1.807, 2.05) is 7.05 Å². The number of hydrogen-bond donors (Lipinski definition) is 1. The summed E-state index contributed by atoms with van der Waals surface area (Å²) in [5, 5.41) is 8.08. The lowest BCUT2D eigenvalue weighted by Crippen LogP contribution is -2.46. The van der Waals surface area contributed by atoms with E-state index in [2.05, 4.69) is 22.3 Å². The Labute approximate surface area is 115 Å². The molecule has 0 amide bonds. The average Bonchev–Trinajstić information content (AvgIpc) is 2.83. The van der Waals surface area contributed by atoms with Crippen LogP contribution >= 0.6 is 0 Å². The highest BCUT2D eigenvalue weighted by molar-refractivity contribution is 5.05. The molecule has 1 aromatic heterocycles. The lowest BCUT2D eigenvalue weighted by molar-refractivity contribution is -0.0337. The normalized spacial score (nSPS) is 39.9. The van der Waals surface area contributed by atoms with E-state index in [0.717, 1.165) is 42.7 Å². The van der Waals surface area contributed by atoms with Crippen molar-refractivity contribution in [1.82, 2.24) is 15.1 Å². The molecule has 4 aliphatic carbocycles. The van der Waals surface area contributed by atoms with Crippen molar-refractivity contribution in [3.05, 3.63) is 18.0 Å². The molecule has 4 saturated carbocycles. The Morgan fingerprint density at radius 3 is 2.47 bits per heavy atom. The molecule has 4 bridgehead atoms. The molecule has 0 spiro atoms. The van der Waals surface area contributed by atoms with E-state index < -0.39 is 0 Å². The van der Waals surface area contributed by atoms with Gasteiger partial charge in [0.05, 0.1) is 11.7 Å². The molecular formula is C16H25N3. The first-order chi connectivity index (χ1) is 9.33. The minimum atomic E-state index is 0.719. The van der Waals surface area contributed by atoms with Gasteiger partial charge in [0.1, 0.15) is 0 Å². The summed E-state index contributed by atoms with van der Waals surface area (Å²) in [6, 6.07) is 2.94. The van der Waals surface area contributed by atoms with Crippen molar-refractivity contribution in [3.8, 4) is 0 Å². The zero-order valence-corrected chi connectivity index (χ0v) is 11.9. The number of likely N-dealkylation sites (N-methyl/N-ethyl adjacent to an activating group) is 1. The van der Waals surface area contributed by atoms with Gasteiger partial charge in [-0.15, -0.1) is 0 Å². The second kappa shape index (κ2) is 4.62. The molecule has 0 aromatic carbocycles. The Morgan fingerprint density at radius 2 is 1.84 bits per heavy atom. The molecule has 4 aliphatic rings. The monoisotopic (exact) mass is 259 g/mol. The summed E-state index contributed by atoms with van der Waals surface area (Å²) in [6.07, 6.45) is 10.7. The lowest BCUT2D eigenvalue weighted by atomic mass is 9.54. The minimum Gasteiger partial charge on any atom is -0.319 e. The lowest BCUT2D eigenvalue weighted by Gasteiger charge is -2.54. The molecule has 3 nitrogen and oxygen atoms in total. The topological polar surface area (TPSA) is 29.9 Å². The van der Waals surface area contributed by atoms with Crippen LogP contribution in [-0.4, -0.2) is 23.4 Å². The fraction of sp³-hybridized carbons (Fsp3) is 0.812. The maximum absolute atomic E-state index is 4.87. The van der Waals surface area contributed by atoms with Gasteiger partial charge in [0.15, 0.2) is 0 Å². The SMILES string of the molecule is CNCCc1ccn(C2C3CC4CC(C3)CC2C4)n1. The first-order valence-corrected chi connectivity index (χ1v) is 8.02. The fourth-order valence-electron chi connectivity index (χ4n) is 5.26. The van der Waals surface area contributed by atoms with Gasteiger partial charge in [-0.3, -0.25) is 4.68 Å². The molecule has 19 heavy (non-hydrogen) atoms. The molecule has 1 heterocycles. The smallest absolute Gasteiger partial charge is 0.0637 e. The van der Waals surface area contributed by atoms with Crippen LogP contribution in [0.25, 0.3) is 0 Å². The average molecular weight is 259 g/mol. The summed E-state index contributed by atoms with van der Waals surface area (Å²) in [5.41, 5.74) is 1.25. The van der Waals surface area contributed by atoms with Crippen LogP contribution in [0, 0.1) is 23.7 Å². The highest BCUT2D eigenvalue weighted by Crippen LogP contribution is 2.58. The molecule has 0 aliphatic heterocycles. The number of hydrogen-bond acceptors (Lipinski definition) is 2. The molecule has 1 aromatic rings. The summed E-state index contributed by atoms with van der Waals surface area (Å²) in [5.74, 6) is 3.96. The number of nitrogens with one attached hydrogen (secondary N) is 1. The van der Waals surface area contributed by atoms with Gasteiger partial charge < -0.3 is 5.32 Å². The number of aromatic nitrogens is 2. The van der Waals surface area contributed by atoms with Crippen LogP contribution in [0.3, 0.4) is 0 Å². The highest BCUT2D eigenvalue weighted by atomic mass is 15.3. The fourth-order valence-corrected chi connectivity index (χ4v) is 5.26. The molecule has 0 unspecified atom stereocenters. The summed E-state index contributed by atoms with van der Waals surface area (Å²) in [4.78, 5) is 0. The summed E-state index contributed by atoms with van der Waals surface area (Å²) in [6.45, 7) is 1.03. The Hall–Kier alpha value is -0.830. The Bertz CT molecular complexity index is 423. The van der Waals surface area contributed by atoms with E-state index in [0.29, 0.717) is 0 Å². The van der Waals surface area contributed by atoms with Crippen LogP contribution in [-0.2, 0) is 6.42 Å². The predicted molar refractivity (Wildman–Crippen MR) is 75.9 cm³/mol. The molecule has 5 rings (SSSR count). The summed E-state index contributed by atoms with van der Waals surface area (Å²) < 4.78 is 2.33. The van der Waals surface area contributed by atoms with Gasteiger partial charge in [-0.1, -0.05) is 0 Å². The van der Waals surface area contributed by atoms with Gasteiger partial charge in [-0.2, -0.15) is 5.10 Å². The largest absolute Gasteiger partial charge is 0.319 e. The van der Waals surface area contributed by atoms with Crippen LogP contribution in [0.5, 0.6) is 0 Å². The molecule has 1 N–H and O–H groups in total. The molecule has 104 valence electrons.